The van der Waals surface area contributed by atoms with Crippen LogP contribution >= 0.6 is 12.2 Å². The number of pyridine rings is 1. The van der Waals surface area contributed by atoms with Crippen LogP contribution in [-0.4, -0.2) is 21.8 Å². The van der Waals surface area contributed by atoms with E-state index in [1.807, 2.05) is 36.5 Å². The highest BCUT2D eigenvalue weighted by Gasteiger charge is 2.43. The number of hydrogen-bond acceptors (Lipinski definition) is 3. The predicted molar refractivity (Wildman–Crippen MR) is 137 cm³/mol. The van der Waals surface area contributed by atoms with Gasteiger partial charge in [-0.05, 0) is 74.8 Å². The van der Waals surface area contributed by atoms with E-state index in [1.165, 1.54) is 49.1 Å². The van der Waals surface area contributed by atoms with Gasteiger partial charge in [-0.15, -0.1) is 0 Å². The van der Waals surface area contributed by atoms with Crippen LogP contribution in [0.1, 0.15) is 72.9 Å². The Morgan fingerprint density at radius 2 is 1.79 bits per heavy atom. The molecule has 5 rings (SSSR count). The fourth-order valence-corrected chi connectivity index (χ4v) is 6.10. The quantitative estimate of drug-likeness (QED) is 0.460. The first-order valence-electron chi connectivity index (χ1n) is 11.9. The Morgan fingerprint density at radius 3 is 2.52 bits per heavy atom. The Balaban J connectivity index is 1.65. The van der Waals surface area contributed by atoms with Crippen molar-refractivity contribution >= 4 is 23.0 Å². The van der Waals surface area contributed by atoms with Gasteiger partial charge in [-0.3, -0.25) is 4.98 Å². The number of para-hydroxylation sites is 2. The van der Waals surface area contributed by atoms with E-state index in [4.69, 9.17) is 21.9 Å². The van der Waals surface area contributed by atoms with E-state index in [-0.39, 0.29) is 12.1 Å². The van der Waals surface area contributed by atoms with Crippen molar-refractivity contribution in [2.45, 2.75) is 64.1 Å². The maximum absolute atomic E-state index is 5.92. The highest BCUT2D eigenvalue weighted by Crippen LogP contribution is 2.46. The fraction of sp³-hybridized carbons (Fsp3) is 0.407. The summed E-state index contributed by atoms with van der Waals surface area (Å²) in [6.07, 6.45) is 8.36. The SMILES string of the molecule is COc1ccccc1N1C(=S)N[C@@H](c2ccccn2)[C@@H]1c1cc(C)n(C2CCCCC2)c1C. The lowest BCUT2D eigenvalue weighted by molar-refractivity contribution is 0.345. The first-order chi connectivity index (χ1) is 16.1. The first kappa shape index (κ1) is 22.0. The number of methoxy groups -OCH3 is 1. The minimum atomic E-state index is -0.0519. The molecule has 0 radical (unpaired) electrons. The van der Waals surface area contributed by atoms with Gasteiger partial charge in [0, 0.05) is 23.6 Å². The van der Waals surface area contributed by atoms with Crippen LogP contribution in [0.15, 0.2) is 54.7 Å². The van der Waals surface area contributed by atoms with Crippen molar-refractivity contribution in [3.63, 3.8) is 0 Å². The molecular formula is C27H32N4OS. The first-order valence-corrected chi connectivity index (χ1v) is 12.3. The molecule has 0 bridgehead atoms. The second-order valence-corrected chi connectivity index (χ2v) is 9.54. The molecule has 2 fully saturated rings. The van der Waals surface area contributed by atoms with Crippen LogP contribution in [-0.2, 0) is 0 Å². The van der Waals surface area contributed by atoms with Gasteiger partial charge in [0.2, 0.25) is 0 Å². The monoisotopic (exact) mass is 460 g/mol. The molecular weight excluding hydrogens is 428 g/mol. The molecule has 0 amide bonds. The molecule has 1 aromatic carbocycles. The van der Waals surface area contributed by atoms with Gasteiger partial charge in [0.25, 0.3) is 0 Å². The van der Waals surface area contributed by atoms with Crippen LogP contribution in [0.2, 0.25) is 0 Å². The molecule has 2 atom stereocenters. The van der Waals surface area contributed by atoms with E-state index in [0.29, 0.717) is 11.2 Å². The average molecular weight is 461 g/mol. The average Bonchev–Trinajstić information content (AvgIpc) is 3.35. The third kappa shape index (κ3) is 3.90. The number of hydrogen-bond donors (Lipinski definition) is 1. The number of anilines is 1. The van der Waals surface area contributed by atoms with E-state index >= 15 is 0 Å². The van der Waals surface area contributed by atoms with Crippen molar-refractivity contribution in [3.05, 3.63) is 77.4 Å². The maximum atomic E-state index is 5.92. The fourth-order valence-electron chi connectivity index (χ4n) is 5.76. The van der Waals surface area contributed by atoms with Gasteiger partial charge >= 0.3 is 0 Å². The number of aromatic nitrogens is 2. The summed E-state index contributed by atoms with van der Waals surface area (Å²) in [6, 6.07) is 17.1. The molecule has 0 spiro atoms. The second kappa shape index (κ2) is 9.18. The Labute approximate surface area is 201 Å². The predicted octanol–water partition coefficient (Wildman–Crippen LogP) is 6.19. The number of rotatable bonds is 5. The highest BCUT2D eigenvalue weighted by molar-refractivity contribution is 7.80. The normalized spacial score (nSPS) is 21.3. The third-order valence-electron chi connectivity index (χ3n) is 7.22. The van der Waals surface area contributed by atoms with Crippen molar-refractivity contribution in [1.29, 1.82) is 0 Å². The maximum Gasteiger partial charge on any atom is 0.174 e. The van der Waals surface area contributed by atoms with Crippen molar-refractivity contribution < 1.29 is 4.74 Å². The third-order valence-corrected chi connectivity index (χ3v) is 7.54. The van der Waals surface area contributed by atoms with Gasteiger partial charge in [-0.1, -0.05) is 37.5 Å². The van der Waals surface area contributed by atoms with Gasteiger partial charge in [0.1, 0.15) is 5.75 Å². The number of ether oxygens (including phenoxy) is 1. The smallest absolute Gasteiger partial charge is 0.174 e. The molecule has 1 aliphatic carbocycles. The molecule has 1 aliphatic heterocycles. The molecule has 1 N–H and O–H groups in total. The Hall–Kier alpha value is -2.86. The molecule has 1 saturated carbocycles. The Kier molecular flexibility index (Phi) is 6.11. The lowest BCUT2D eigenvalue weighted by Gasteiger charge is -2.30. The number of nitrogens with one attached hydrogen (secondary N) is 1. The number of benzene rings is 1. The van der Waals surface area contributed by atoms with Crippen LogP contribution < -0.4 is 15.0 Å². The van der Waals surface area contributed by atoms with E-state index < -0.39 is 0 Å². The second-order valence-electron chi connectivity index (χ2n) is 9.16. The molecule has 5 nitrogen and oxygen atoms in total. The topological polar surface area (TPSA) is 42.3 Å². The lowest BCUT2D eigenvalue weighted by Crippen LogP contribution is -2.30. The molecule has 2 aliphatic rings. The van der Waals surface area contributed by atoms with Gasteiger partial charge in [-0.2, -0.15) is 0 Å². The van der Waals surface area contributed by atoms with Gasteiger partial charge in [-0.25, -0.2) is 0 Å². The molecule has 3 aromatic rings. The summed E-state index contributed by atoms with van der Waals surface area (Å²) in [4.78, 5) is 6.93. The van der Waals surface area contributed by atoms with Crippen molar-refractivity contribution in [3.8, 4) is 5.75 Å². The highest BCUT2D eigenvalue weighted by atomic mass is 32.1. The van der Waals surface area contributed by atoms with Crippen LogP contribution in [0.4, 0.5) is 5.69 Å². The van der Waals surface area contributed by atoms with Gasteiger partial charge in [0.15, 0.2) is 5.11 Å². The Bertz CT molecular complexity index is 1140. The van der Waals surface area contributed by atoms with Gasteiger partial charge in [0.05, 0.1) is 30.6 Å². The van der Waals surface area contributed by atoms with Crippen LogP contribution in [0.5, 0.6) is 5.75 Å². The number of thiocarbonyl (C=S) groups is 1. The summed E-state index contributed by atoms with van der Waals surface area (Å²) in [6.45, 7) is 4.52. The van der Waals surface area contributed by atoms with Crippen molar-refractivity contribution in [2.75, 3.05) is 12.0 Å². The number of aryl methyl sites for hydroxylation is 1. The zero-order valence-electron chi connectivity index (χ0n) is 19.6. The van der Waals surface area contributed by atoms with E-state index in [1.54, 1.807) is 7.11 Å². The molecule has 33 heavy (non-hydrogen) atoms. The summed E-state index contributed by atoms with van der Waals surface area (Å²) in [5.74, 6) is 0.814. The van der Waals surface area contributed by atoms with Gasteiger partial charge < -0.3 is 19.5 Å². The van der Waals surface area contributed by atoms with E-state index in [0.717, 1.165) is 17.1 Å². The van der Waals surface area contributed by atoms with Crippen molar-refractivity contribution in [1.82, 2.24) is 14.9 Å². The molecule has 0 unspecified atom stereocenters. The van der Waals surface area contributed by atoms with Crippen molar-refractivity contribution in [2.24, 2.45) is 0 Å². The summed E-state index contributed by atoms with van der Waals surface area (Å²) in [7, 11) is 1.71. The molecule has 6 heteroatoms. The van der Waals surface area contributed by atoms with Crippen LogP contribution in [0.25, 0.3) is 0 Å². The zero-order chi connectivity index (χ0) is 22.9. The Morgan fingerprint density at radius 1 is 1.03 bits per heavy atom. The summed E-state index contributed by atoms with van der Waals surface area (Å²) in [5.41, 5.74) is 5.92. The number of nitrogens with zero attached hydrogens (tertiary/aromatic N) is 3. The van der Waals surface area contributed by atoms with Crippen LogP contribution in [0.3, 0.4) is 0 Å². The minimum absolute atomic E-state index is 0.0211. The van der Waals surface area contributed by atoms with E-state index in [9.17, 15) is 0 Å². The van der Waals surface area contributed by atoms with E-state index in [2.05, 4.69) is 46.8 Å². The molecule has 172 valence electrons. The van der Waals surface area contributed by atoms with Crippen LogP contribution in [0, 0.1) is 13.8 Å². The molecule has 2 aromatic heterocycles. The summed E-state index contributed by atoms with van der Waals surface area (Å²) in [5, 5.41) is 4.28. The molecule has 3 heterocycles. The molecule has 1 saturated heterocycles. The lowest BCUT2D eigenvalue weighted by atomic mass is 9.94. The summed E-state index contributed by atoms with van der Waals surface area (Å²) < 4.78 is 8.31. The summed E-state index contributed by atoms with van der Waals surface area (Å²) >= 11 is 5.92. The minimum Gasteiger partial charge on any atom is -0.495 e. The largest absolute Gasteiger partial charge is 0.495 e. The standard InChI is InChI=1S/C27H32N4OS/c1-18-17-21(19(2)30(18)20-11-5-4-6-12-20)26-25(22-13-9-10-16-28-22)29-27(33)31(26)23-14-7-8-15-24(23)32-3/h7-10,13-17,20,25-26H,4-6,11-12H2,1-3H3,(H,29,33)/t25-,26-/m0/s1. The zero-order valence-corrected chi connectivity index (χ0v) is 20.4.